The Kier molecular flexibility index (Phi) is 6.89. The minimum absolute atomic E-state index is 0.0770. The number of rotatable bonds is 7. The van der Waals surface area contributed by atoms with Crippen LogP contribution in [0.1, 0.15) is 32.6 Å². The van der Waals surface area contributed by atoms with Gasteiger partial charge in [-0.1, -0.05) is 30.3 Å². The summed E-state index contributed by atoms with van der Waals surface area (Å²) in [7, 11) is -0.609. The third-order valence-corrected chi connectivity index (χ3v) is 6.67. The second kappa shape index (κ2) is 9.44. The van der Waals surface area contributed by atoms with Crippen molar-refractivity contribution >= 4 is 21.6 Å². The van der Waals surface area contributed by atoms with Crippen LogP contribution in [0.5, 0.6) is 5.75 Å². The maximum absolute atomic E-state index is 13.1. The van der Waals surface area contributed by atoms with E-state index in [1.165, 1.54) is 11.0 Å². The van der Waals surface area contributed by atoms with Crippen molar-refractivity contribution in [3.8, 4) is 5.75 Å². The van der Waals surface area contributed by atoms with Crippen molar-refractivity contribution < 1.29 is 17.9 Å². The van der Waals surface area contributed by atoms with E-state index >= 15 is 0 Å². The molecule has 0 aromatic heterocycles. The van der Waals surface area contributed by atoms with Crippen LogP contribution in [0, 0.1) is 20.8 Å². The molecule has 168 valence electrons. The largest absolute Gasteiger partial charge is 0.496 e. The quantitative estimate of drug-likeness (QED) is 0.564. The van der Waals surface area contributed by atoms with E-state index in [1.807, 2.05) is 44.2 Å². The Morgan fingerprint density at radius 1 is 0.969 bits per heavy atom. The van der Waals surface area contributed by atoms with Crippen LogP contribution >= 0.6 is 0 Å². The SMILES string of the molecule is COc1ccccc1CN(C)C(=O)c1ccc(C)c(S(=O)(=O)Nc2cc(C)cc(C)c2)c1. The number of nitrogens with zero attached hydrogens (tertiary/aromatic N) is 1. The molecule has 0 heterocycles. The van der Waals surface area contributed by atoms with Crippen molar-refractivity contribution in [2.75, 3.05) is 18.9 Å². The molecule has 0 bridgehead atoms. The van der Waals surface area contributed by atoms with Crippen molar-refractivity contribution in [2.24, 2.45) is 0 Å². The molecule has 3 aromatic carbocycles. The topological polar surface area (TPSA) is 75.7 Å². The van der Waals surface area contributed by atoms with E-state index in [2.05, 4.69) is 4.72 Å². The Balaban J connectivity index is 1.87. The van der Waals surface area contributed by atoms with Crippen molar-refractivity contribution in [1.82, 2.24) is 4.90 Å². The highest BCUT2D eigenvalue weighted by Crippen LogP contribution is 2.24. The van der Waals surface area contributed by atoms with Gasteiger partial charge in [0.15, 0.2) is 0 Å². The predicted molar refractivity (Wildman–Crippen MR) is 127 cm³/mol. The summed E-state index contributed by atoms with van der Waals surface area (Å²) >= 11 is 0. The normalized spacial score (nSPS) is 11.2. The highest BCUT2D eigenvalue weighted by Gasteiger charge is 2.21. The van der Waals surface area contributed by atoms with Crippen LogP contribution in [-0.2, 0) is 16.6 Å². The van der Waals surface area contributed by atoms with Crippen LogP contribution in [0.25, 0.3) is 0 Å². The summed E-state index contributed by atoms with van der Waals surface area (Å²) in [6.45, 7) is 5.86. The first-order valence-corrected chi connectivity index (χ1v) is 11.7. The van der Waals surface area contributed by atoms with Crippen LogP contribution in [0.15, 0.2) is 65.6 Å². The van der Waals surface area contributed by atoms with Crippen LogP contribution < -0.4 is 9.46 Å². The number of carbonyl (C=O) groups is 1. The average molecular weight is 453 g/mol. The van der Waals surface area contributed by atoms with Crippen LogP contribution in [0.3, 0.4) is 0 Å². The van der Waals surface area contributed by atoms with E-state index in [4.69, 9.17) is 4.74 Å². The van der Waals surface area contributed by atoms with Crippen molar-refractivity contribution in [1.29, 1.82) is 0 Å². The predicted octanol–water partition coefficient (Wildman–Crippen LogP) is 4.69. The summed E-state index contributed by atoms with van der Waals surface area (Å²) in [5.41, 5.74) is 4.14. The van der Waals surface area contributed by atoms with Crippen LogP contribution in [0.4, 0.5) is 5.69 Å². The number of methoxy groups -OCH3 is 1. The number of carbonyl (C=O) groups excluding carboxylic acids is 1. The number of ether oxygens (including phenoxy) is 1. The Bertz CT molecular complexity index is 1230. The standard InChI is InChI=1S/C25H28N2O4S/c1-17-12-18(2)14-22(13-17)26-32(29,30)24-15-20(11-10-19(24)3)25(28)27(4)16-21-8-6-7-9-23(21)31-5/h6-15,26H,16H2,1-5H3. The Hall–Kier alpha value is -3.32. The molecule has 3 rings (SSSR count). The van der Waals surface area contributed by atoms with E-state index in [0.29, 0.717) is 29.1 Å². The van der Waals surface area contributed by atoms with Gasteiger partial charge in [0.05, 0.1) is 12.0 Å². The molecule has 6 nitrogen and oxygen atoms in total. The number of para-hydroxylation sites is 1. The van der Waals surface area contributed by atoms with Crippen molar-refractivity contribution in [2.45, 2.75) is 32.2 Å². The van der Waals surface area contributed by atoms with E-state index in [1.54, 1.807) is 45.3 Å². The van der Waals surface area contributed by atoms with Gasteiger partial charge in [0, 0.05) is 30.4 Å². The lowest BCUT2D eigenvalue weighted by molar-refractivity contribution is 0.0784. The van der Waals surface area contributed by atoms with Gasteiger partial charge in [0.2, 0.25) is 0 Å². The van der Waals surface area contributed by atoms with E-state index in [9.17, 15) is 13.2 Å². The highest BCUT2D eigenvalue weighted by molar-refractivity contribution is 7.92. The minimum atomic E-state index is -3.87. The van der Waals surface area contributed by atoms with E-state index < -0.39 is 10.0 Å². The molecule has 0 saturated carbocycles. The second-order valence-corrected chi connectivity index (χ2v) is 9.59. The zero-order chi connectivity index (χ0) is 23.5. The first-order chi connectivity index (χ1) is 15.1. The maximum atomic E-state index is 13.1. The summed E-state index contributed by atoms with van der Waals surface area (Å²) < 4.78 is 34.2. The van der Waals surface area contributed by atoms with Crippen molar-refractivity contribution in [3.63, 3.8) is 0 Å². The van der Waals surface area contributed by atoms with Gasteiger partial charge in [-0.15, -0.1) is 0 Å². The highest BCUT2D eigenvalue weighted by atomic mass is 32.2. The summed E-state index contributed by atoms with van der Waals surface area (Å²) in [5.74, 6) is 0.413. The summed E-state index contributed by atoms with van der Waals surface area (Å²) in [5, 5.41) is 0. The first kappa shape index (κ1) is 23.3. The zero-order valence-electron chi connectivity index (χ0n) is 19.0. The molecule has 0 radical (unpaired) electrons. The molecule has 7 heteroatoms. The molecular weight excluding hydrogens is 424 g/mol. The molecule has 0 aliphatic carbocycles. The number of nitrogens with one attached hydrogen (secondary N) is 1. The van der Waals surface area contributed by atoms with Crippen molar-refractivity contribution in [3.05, 3.63) is 88.5 Å². The third-order valence-electron chi connectivity index (χ3n) is 5.15. The van der Waals surface area contributed by atoms with Gasteiger partial charge in [0.25, 0.3) is 15.9 Å². The van der Waals surface area contributed by atoms with Crippen LogP contribution in [0.2, 0.25) is 0 Å². The minimum Gasteiger partial charge on any atom is -0.496 e. The molecule has 0 aliphatic heterocycles. The fourth-order valence-corrected chi connectivity index (χ4v) is 4.96. The van der Waals surface area contributed by atoms with Gasteiger partial charge in [0.1, 0.15) is 5.75 Å². The molecule has 1 N–H and O–H groups in total. The Morgan fingerprint density at radius 2 is 1.62 bits per heavy atom. The molecule has 0 saturated heterocycles. The molecule has 3 aromatic rings. The average Bonchev–Trinajstić information content (AvgIpc) is 2.72. The van der Waals surface area contributed by atoms with Gasteiger partial charge >= 0.3 is 0 Å². The van der Waals surface area contributed by atoms with E-state index in [0.717, 1.165) is 16.7 Å². The summed E-state index contributed by atoms with van der Waals surface area (Å²) in [4.78, 5) is 14.7. The number of hydrogen-bond donors (Lipinski definition) is 1. The molecule has 0 atom stereocenters. The molecule has 0 unspecified atom stereocenters. The third kappa shape index (κ3) is 5.29. The maximum Gasteiger partial charge on any atom is 0.262 e. The lowest BCUT2D eigenvalue weighted by Crippen LogP contribution is -2.27. The van der Waals surface area contributed by atoms with Gasteiger partial charge in [-0.3, -0.25) is 9.52 Å². The Morgan fingerprint density at radius 3 is 2.28 bits per heavy atom. The lowest BCUT2D eigenvalue weighted by atomic mass is 10.1. The smallest absolute Gasteiger partial charge is 0.262 e. The second-order valence-electron chi connectivity index (χ2n) is 7.94. The van der Waals surface area contributed by atoms with Gasteiger partial charge < -0.3 is 9.64 Å². The molecular formula is C25H28N2O4S. The fraction of sp³-hybridized carbons (Fsp3) is 0.240. The zero-order valence-corrected chi connectivity index (χ0v) is 19.8. The van der Waals surface area contributed by atoms with Gasteiger partial charge in [-0.2, -0.15) is 0 Å². The number of benzene rings is 3. The van der Waals surface area contributed by atoms with Gasteiger partial charge in [-0.25, -0.2) is 8.42 Å². The molecule has 0 fully saturated rings. The molecule has 0 spiro atoms. The number of aryl methyl sites for hydroxylation is 3. The number of amides is 1. The fourth-order valence-electron chi connectivity index (χ4n) is 3.65. The van der Waals surface area contributed by atoms with Gasteiger partial charge in [-0.05, 0) is 67.8 Å². The summed E-state index contributed by atoms with van der Waals surface area (Å²) in [6.07, 6.45) is 0. The number of sulfonamides is 1. The van der Waals surface area contributed by atoms with Crippen LogP contribution in [-0.4, -0.2) is 33.4 Å². The Labute approximate surface area is 189 Å². The lowest BCUT2D eigenvalue weighted by Gasteiger charge is -2.20. The molecule has 0 aliphatic rings. The van der Waals surface area contributed by atoms with E-state index in [-0.39, 0.29) is 10.8 Å². The summed E-state index contributed by atoms with van der Waals surface area (Å²) in [6, 6.07) is 17.7. The monoisotopic (exact) mass is 452 g/mol. The first-order valence-electron chi connectivity index (χ1n) is 10.2. The molecule has 32 heavy (non-hydrogen) atoms. The molecule has 1 amide bonds. The number of hydrogen-bond acceptors (Lipinski definition) is 4. The number of anilines is 1.